The third-order valence-corrected chi connectivity index (χ3v) is 8.48. The molecule has 2 fully saturated rings. The Kier molecular flexibility index (Phi) is 2.33. The van der Waals surface area contributed by atoms with Gasteiger partial charge in [-0.3, -0.25) is 0 Å². The molecule has 0 spiro atoms. The van der Waals surface area contributed by atoms with Gasteiger partial charge in [0.25, 0.3) is 0 Å². The minimum atomic E-state index is -1.57. The smallest absolute Gasteiger partial charge is 0.192 e. The Balaban J connectivity index is 1.96. The van der Waals surface area contributed by atoms with Crippen molar-refractivity contribution in [1.29, 1.82) is 0 Å². The van der Waals surface area contributed by atoms with Crippen LogP contribution >= 0.6 is 0 Å². The van der Waals surface area contributed by atoms with Gasteiger partial charge in [-0.25, -0.2) is 0 Å². The normalized spacial score (nSPS) is 37.1. The van der Waals surface area contributed by atoms with Crippen LogP contribution in [0.1, 0.15) is 33.6 Å². The van der Waals surface area contributed by atoms with Crippen LogP contribution in [0, 0.1) is 0 Å². The molecule has 1 saturated heterocycles. The highest BCUT2D eigenvalue weighted by Gasteiger charge is 2.53. The standard InChI is InChI=1S/C11H22O2Si/c1-11(2,3)14(4,5)13-9-7-6-8-10(9)12-8/h8-10H,6-7H2,1-5H3/t8-,9-,10-/m1/s1. The summed E-state index contributed by atoms with van der Waals surface area (Å²) in [7, 11) is -1.57. The molecule has 1 heterocycles. The molecule has 0 unspecified atom stereocenters. The summed E-state index contributed by atoms with van der Waals surface area (Å²) in [6.07, 6.45) is 3.82. The van der Waals surface area contributed by atoms with Crippen molar-refractivity contribution in [2.24, 2.45) is 0 Å². The van der Waals surface area contributed by atoms with E-state index in [1.54, 1.807) is 0 Å². The number of epoxide rings is 1. The first-order chi connectivity index (χ1) is 6.31. The van der Waals surface area contributed by atoms with E-state index in [0.29, 0.717) is 23.4 Å². The number of hydrogen-bond acceptors (Lipinski definition) is 2. The predicted octanol–water partition coefficient (Wildman–Crippen LogP) is 2.94. The monoisotopic (exact) mass is 214 g/mol. The summed E-state index contributed by atoms with van der Waals surface area (Å²) in [6.45, 7) is 11.5. The molecule has 0 N–H and O–H groups in total. The van der Waals surface area contributed by atoms with Gasteiger partial charge in [-0.1, -0.05) is 20.8 Å². The molecule has 14 heavy (non-hydrogen) atoms. The fourth-order valence-corrected chi connectivity index (χ4v) is 3.25. The number of hydrogen-bond donors (Lipinski definition) is 0. The minimum absolute atomic E-state index is 0.319. The minimum Gasteiger partial charge on any atom is -0.411 e. The van der Waals surface area contributed by atoms with E-state index in [4.69, 9.17) is 9.16 Å². The summed E-state index contributed by atoms with van der Waals surface area (Å²) in [4.78, 5) is 0. The van der Waals surface area contributed by atoms with Gasteiger partial charge in [0.05, 0.1) is 12.2 Å². The van der Waals surface area contributed by atoms with Crippen LogP contribution in [0.2, 0.25) is 18.1 Å². The molecule has 2 aliphatic rings. The summed E-state index contributed by atoms with van der Waals surface area (Å²) in [5.74, 6) is 0. The molecule has 1 saturated carbocycles. The summed E-state index contributed by atoms with van der Waals surface area (Å²) in [5.41, 5.74) is 0. The average Bonchev–Trinajstić information content (AvgIpc) is 2.68. The Bertz CT molecular complexity index is 232. The molecule has 3 heteroatoms. The van der Waals surface area contributed by atoms with Gasteiger partial charge in [0.2, 0.25) is 0 Å². The zero-order valence-corrected chi connectivity index (χ0v) is 11.0. The van der Waals surface area contributed by atoms with Crippen LogP contribution in [0.15, 0.2) is 0 Å². The van der Waals surface area contributed by atoms with Gasteiger partial charge in [-0.2, -0.15) is 0 Å². The SMILES string of the molecule is CC(C)(C)[Si](C)(C)O[C@@H]1CC[C@H]2O[C@H]21. The lowest BCUT2D eigenvalue weighted by Crippen LogP contribution is -2.44. The molecule has 0 aromatic heterocycles. The molecular weight excluding hydrogens is 192 g/mol. The zero-order chi connectivity index (χ0) is 10.6. The summed E-state index contributed by atoms with van der Waals surface area (Å²) < 4.78 is 11.9. The zero-order valence-electron chi connectivity index (χ0n) is 9.96. The average molecular weight is 214 g/mol. The largest absolute Gasteiger partial charge is 0.411 e. The van der Waals surface area contributed by atoms with E-state index in [1.807, 2.05) is 0 Å². The maximum absolute atomic E-state index is 6.33. The Morgan fingerprint density at radius 3 is 2.21 bits per heavy atom. The summed E-state index contributed by atoms with van der Waals surface area (Å²) in [6, 6.07) is 0. The predicted molar refractivity (Wildman–Crippen MR) is 60.0 cm³/mol. The van der Waals surface area contributed by atoms with Crippen LogP contribution in [0.4, 0.5) is 0 Å². The third kappa shape index (κ3) is 1.77. The summed E-state index contributed by atoms with van der Waals surface area (Å²) >= 11 is 0. The van der Waals surface area contributed by atoms with Crippen LogP contribution in [0.3, 0.4) is 0 Å². The van der Waals surface area contributed by atoms with Crippen molar-refractivity contribution in [2.75, 3.05) is 0 Å². The van der Waals surface area contributed by atoms with E-state index in [0.717, 1.165) is 0 Å². The second-order valence-corrected chi connectivity index (χ2v) is 10.9. The Morgan fingerprint density at radius 1 is 1.21 bits per heavy atom. The van der Waals surface area contributed by atoms with E-state index in [2.05, 4.69) is 33.9 Å². The second-order valence-electron chi connectivity index (χ2n) is 6.13. The highest BCUT2D eigenvalue weighted by Crippen LogP contribution is 2.45. The topological polar surface area (TPSA) is 21.8 Å². The van der Waals surface area contributed by atoms with Gasteiger partial charge in [0.1, 0.15) is 6.10 Å². The lowest BCUT2D eigenvalue weighted by Gasteiger charge is -2.38. The fourth-order valence-electron chi connectivity index (χ4n) is 1.89. The van der Waals surface area contributed by atoms with E-state index in [1.165, 1.54) is 12.8 Å². The van der Waals surface area contributed by atoms with Gasteiger partial charge in [0.15, 0.2) is 8.32 Å². The molecule has 0 radical (unpaired) electrons. The van der Waals surface area contributed by atoms with E-state index in [-0.39, 0.29) is 0 Å². The molecule has 0 aromatic carbocycles. The molecule has 0 amide bonds. The second kappa shape index (κ2) is 3.06. The van der Waals surface area contributed by atoms with E-state index in [9.17, 15) is 0 Å². The third-order valence-electron chi connectivity index (χ3n) is 3.98. The van der Waals surface area contributed by atoms with Crippen LogP contribution in [0.5, 0.6) is 0 Å². The molecular formula is C11H22O2Si. The lowest BCUT2D eigenvalue weighted by atomic mass is 10.2. The van der Waals surface area contributed by atoms with Crippen molar-refractivity contribution in [3.8, 4) is 0 Å². The number of rotatable bonds is 2. The van der Waals surface area contributed by atoms with E-state index < -0.39 is 8.32 Å². The van der Waals surface area contributed by atoms with Crippen molar-refractivity contribution < 1.29 is 9.16 Å². The number of fused-ring (bicyclic) bond motifs is 1. The Labute approximate surface area is 88.1 Å². The molecule has 82 valence electrons. The first kappa shape index (κ1) is 10.6. The van der Waals surface area contributed by atoms with Crippen LogP contribution in [-0.2, 0) is 9.16 Å². The van der Waals surface area contributed by atoms with Gasteiger partial charge < -0.3 is 9.16 Å². The van der Waals surface area contributed by atoms with Gasteiger partial charge in [-0.05, 0) is 31.0 Å². The molecule has 2 nitrogen and oxygen atoms in total. The quantitative estimate of drug-likeness (QED) is 0.521. The first-order valence-corrected chi connectivity index (χ1v) is 8.55. The summed E-state index contributed by atoms with van der Waals surface area (Å²) in [5, 5.41) is 0.319. The van der Waals surface area contributed by atoms with Crippen molar-refractivity contribution in [2.45, 2.75) is 70.1 Å². The maximum atomic E-state index is 6.33. The molecule has 0 aromatic rings. The maximum Gasteiger partial charge on any atom is 0.192 e. The van der Waals surface area contributed by atoms with Crippen LogP contribution in [-0.4, -0.2) is 26.6 Å². The van der Waals surface area contributed by atoms with Gasteiger partial charge >= 0.3 is 0 Å². The first-order valence-electron chi connectivity index (χ1n) is 5.64. The van der Waals surface area contributed by atoms with Crippen LogP contribution < -0.4 is 0 Å². The molecule has 1 aliphatic heterocycles. The van der Waals surface area contributed by atoms with Gasteiger partial charge in [0, 0.05) is 0 Å². The van der Waals surface area contributed by atoms with Crippen molar-refractivity contribution in [3.05, 3.63) is 0 Å². The molecule has 0 bridgehead atoms. The Hall–Kier alpha value is 0.137. The molecule has 3 atom stereocenters. The van der Waals surface area contributed by atoms with Crippen LogP contribution in [0.25, 0.3) is 0 Å². The molecule has 2 rings (SSSR count). The van der Waals surface area contributed by atoms with E-state index >= 15 is 0 Å². The lowest BCUT2D eigenvalue weighted by molar-refractivity contribution is 0.126. The number of ether oxygens (including phenoxy) is 1. The Morgan fingerprint density at radius 2 is 1.86 bits per heavy atom. The highest BCUT2D eigenvalue weighted by molar-refractivity contribution is 6.74. The van der Waals surface area contributed by atoms with Gasteiger partial charge in [-0.15, -0.1) is 0 Å². The van der Waals surface area contributed by atoms with Crippen molar-refractivity contribution >= 4 is 8.32 Å². The fraction of sp³-hybridized carbons (Fsp3) is 1.00. The van der Waals surface area contributed by atoms with Crippen molar-refractivity contribution in [3.63, 3.8) is 0 Å². The van der Waals surface area contributed by atoms with Crippen molar-refractivity contribution in [1.82, 2.24) is 0 Å². The highest BCUT2D eigenvalue weighted by atomic mass is 28.4. The molecule has 1 aliphatic carbocycles.